The van der Waals surface area contributed by atoms with E-state index in [1.54, 1.807) is 19.1 Å². The zero-order valence-electron chi connectivity index (χ0n) is 9.38. The highest BCUT2D eigenvalue weighted by Crippen LogP contribution is 2.14. The summed E-state index contributed by atoms with van der Waals surface area (Å²) in [5.74, 6) is -0.194. The molecule has 1 atom stereocenters. The van der Waals surface area contributed by atoms with Gasteiger partial charge in [-0.25, -0.2) is 0 Å². The monoisotopic (exact) mass is 244 g/mol. The minimum Gasteiger partial charge on any atom is -0.396 e. The van der Waals surface area contributed by atoms with Gasteiger partial charge in [0.2, 0.25) is 0 Å². The average Bonchev–Trinajstić information content (AvgIpc) is 2.26. The van der Waals surface area contributed by atoms with E-state index in [1.165, 1.54) is 12.1 Å². The van der Waals surface area contributed by atoms with Crippen LogP contribution >= 0.6 is 0 Å². The molecule has 0 saturated carbocycles. The lowest BCUT2D eigenvalue weighted by Gasteiger charge is -2.09. The maximum atomic E-state index is 11.7. The van der Waals surface area contributed by atoms with Crippen LogP contribution in [-0.4, -0.2) is 26.7 Å². The third-order valence-electron chi connectivity index (χ3n) is 2.13. The number of aliphatic hydroxyl groups excluding tert-OH is 1. The first-order valence-electron chi connectivity index (χ1n) is 5.02. The van der Waals surface area contributed by atoms with Gasteiger partial charge in [0, 0.05) is 12.5 Å². The summed E-state index contributed by atoms with van der Waals surface area (Å²) < 4.78 is 28.1. The quantitative estimate of drug-likeness (QED) is 0.794. The van der Waals surface area contributed by atoms with Crippen LogP contribution < -0.4 is 0 Å². The summed E-state index contributed by atoms with van der Waals surface area (Å²) in [6.45, 7) is 3.49. The van der Waals surface area contributed by atoms with Gasteiger partial charge in [0.15, 0.2) is 0 Å². The molecule has 0 amide bonds. The van der Waals surface area contributed by atoms with Gasteiger partial charge in [-0.2, -0.15) is 8.42 Å². The molecule has 5 heteroatoms. The third kappa shape index (κ3) is 3.59. The molecule has 16 heavy (non-hydrogen) atoms. The SMILES string of the molecule is Cc1ccc(S(=O)(=O)OC[C@H](C)CO)cc1. The first-order valence-corrected chi connectivity index (χ1v) is 6.43. The van der Waals surface area contributed by atoms with Gasteiger partial charge in [-0.1, -0.05) is 24.6 Å². The molecule has 0 heterocycles. The van der Waals surface area contributed by atoms with E-state index in [9.17, 15) is 8.42 Å². The summed E-state index contributed by atoms with van der Waals surface area (Å²) in [5.41, 5.74) is 0.989. The van der Waals surface area contributed by atoms with Gasteiger partial charge >= 0.3 is 0 Å². The van der Waals surface area contributed by atoms with Gasteiger partial charge < -0.3 is 5.11 Å². The number of benzene rings is 1. The summed E-state index contributed by atoms with van der Waals surface area (Å²) in [5, 5.41) is 8.76. The summed E-state index contributed by atoms with van der Waals surface area (Å²) in [6.07, 6.45) is 0. The first kappa shape index (κ1) is 13.2. The molecule has 1 aromatic carbocycles. The fraction of sp³-hybridized carbons (Fsp3) is 0.455. The Balaban J connectivity index is 2.74. The molecule has 0 aliphatic carbocycles. The molecule has 0 spiro atoms. The van der Waals surface area contributed by atoms with Crippen molar-refractivity contribution in [3.05, 3.63) is 29.8 Å². The number of aryl methyl sites for hydroxylation is 1. The molecule has 90 valence electrons. The second-order valence-electron chi connectivity index (χ2n) is 3.84. The highest BCUT2D eigenvalue weighted by atomic mass is 32.2. The van der Waals surface area contributed by atoms with E-state index >= 15 is 0 Å². The van der Waals surface area contributed by atoms with Gasteiger partial charge in [0.1, 0.15) is 0 Å². The van der Waals surface area contributed by atoms with E-state index in [1.807, 2.05) is 6.92 Å². The van der Waals surface area contributed by atoms with Crippen molar-refractivity contribution in [2.75, 3.05) is 13.2 Å². The van der Waals surface area contributed by atoms with Crippen LogP contribution in [0.3, 0.4) is 0 Å². The Labute approximate surface area is 96.0 Å². The van der Waals surface area contributed by atoms with Crippen molar-refractivity contribution >= 4 is 10.1 Å². The minimum atomic E-state index is -3.69. The second kappa shape index (κ2) is 5.43. The van der Waals surface area contributed by atoms with E-state index in [0.29, 0.717) is 0 Å². The molecule has 4 nitrogen and oxygen atoms in total. The largest absolute Gasteiger partial charge is 0.396 e. The molecule has 0 fully saturated rings. The van der Waals surface area contributed by atoms with Crippen LogP contribution in [0.4, 0.5) is 0 Å². The van der Waals surface area contributed by atoms with Crippen molar-refractivity contribution in [3.8, 4) is 0 Å². The highest BCUT2D eigenvalue weighted by Gasteiger charge is 2.16. The van der Waals surface area contributed by atoms with E-state index in [2.05, 4.69) is 0 Å². The van der Waals surface area contributed by atoms with Crippen LogP contribution in [0.2, 0.25) is 0 Å². The summed E-state index contributed by atoms with van der Waals surface area (Å²) >= 11 is 0. The van der Waals surface area contributed by atoms with Crippen molar-refractivity contribution in [3.63, 3.8) is 0 Å². The molecule has 0 aliphatic heterocycles. The predicted octanol–water partition coefficient (Wildman–Crippen LogP) is 1.33. The molecule has 0 radical (unpaired) electrons. The van der Waals surface area contributed by atoms with Gasteiger partial charge in [-0.15, -0.1) is 0 Å². The van der Waals surface area contributed by atoms with Crippen molar-refractivity contribution in [2.45, 2.75) is 18.7 Å². The Morgan fingerprint density at radius 2 is 1.88 bits per heavy atom. The summed E-state index contributed by atoms with van der Waals surface area (Å²) in [6, 6.07) is 6.44. The minimum absolute atomic E-state index is 0.00723. The van der Waals surface area contributed by atoms with Gasteiger partial charge in [0.05, 0.1) is 11.5 Å². The van der Waals surface area contributed by atoms with E-state index < -0.39 is 10.1 Å². The zero-order valence-corrected chi connectivity index (χ0v) is 10.2. The Morgan fingerprint density at radius 1 is 1.31 bits per heavy atom. The van der Waals surface area contributed by atoms with Gasteiger partial charge in [-0.3, -0.25) is 4.18 Å². The van der Waals surface area contributed by atoms with Crippen LogP contribution in [0.15, 0.2) is 29.2 Å². The van der Waals surface area contributed by atoms with Crippen LogP contribution in [-0.2, 0) is 14.3 Å². The van der Waals surface area contributed by atoms with E-state index in [-0.39, 0.29) is 24.0 Å². The molecule has 0 unspecified atom stereocenters. The third-order valence-corrected chi connectivity index (χ3v) is 3.42. The molecule has 1 rings (SSSR count). The maximum absolute atomic E-state index is 11.7. The standard InChI is InChI=1S/C11H16O4S/c1-9-3-5-11(6-4-9)16(13,14)15-8-10(2)7-12/h3-6,10,12H,7-8H2,1-2H3/t10-/m1/s1. The van der Waals surface area contributed by atoms with Gasteiger partial charge in [0.25, 0.3) is 10.1 Å². The highest BCUT2D eigenvalue weighted by molar-refractivity contribution is 7.86. The maximum Gasteiger partial charge on any atom is 0.296 e. The number of hydrogen-bond donors (Lipinski definition) is 1. The lowest BCUT2D eigenvalue weighted by atomic mass is 10.2. The van der Waals surface area contributed by atoms with Crippen molar-refractivity contribution < 1.29 is 17.7 Å². The second-order valence-corrected chi connectivity index (χ2v) is 5.45. The zero-order chi connectivity index (χ0) is 12.2. The Morgan fingerprint density at radius 3 is 2.38 bits per heavy atom. The summed E-state index contributed by atoms with van der Waals surface area (Å²) in [7, 11) is -3.69. The Bertz CT molecular complexity index is 422. The molecule has 1 aromatic rings. The van der Waals surface area contributed by atoms with E-state index in [0.717, 1.165) is 5.56 Å². The molecule has 1 N–H and O–H groups in total. The van der Waals surface area contributed by atoms with Crippen molar-refractivity contribution in [1.82, 2.24) is 0 Å². The fourth-order valence-electron chi connectivity index (χ4n) is 1.03. The topological polar surface area (TPSA) is 63.6 Å². The van der Waals surface area contributed by atoms with Crippen LogP contribution in [0.5, 0.6) is 0 Å². The molecule has 0 aromatic heterocycles. The average molecular weight is 244 g/mol. The summed E-state index contributed by atoms with van der Waals surface area (Å²) in [4.78, 5) is 0.142. The molecule has 0 saturated heterocycles. The molecule has 0 aliphatic rings. The van der Waals surface area contributed by atoms with E-state index in [4.69, 9.17) is 9.29 Å². The van der Waals surface area contributed by atoms with Crippen molar-refractivity contribution in [1.29, 1.82) is 0 Å². The molecular weight excluding hydrogens is 228 g/mol. The lowest BCUT2D eigenvalue weighted by Crippen LogP contribution is -2.15. The Hall–Kier alpha value is -0.910. The van der Waals surface area contributed by atoms with Crippen LogP contribution in [0.25, 0.3) is 0 Å². The predicted molar refractivity (Wildman–Crippen MR) is 60.6 cm³/mol. The lowest BCUT2D eigenvalue weighted by molar-refractivity contribution is 0.178. The normalized spacial score (nSPS) is 13.7. The number of hydrogen-bond acceptors (Lipinski definition) is 4. The van der Waals surface area contributed by atoms with Crippen LogP contribution in [0.1, 0.15) is 12.5 Å². The fourth-order valence-corrected chi connectivity index (χ4v) is 2.05. The molecular formula is C11H16O4S. The van der Waals surface area contributed by atoms with Crippen molar-refractivity contribution in [2.24, 2.45) is 5.92 Å². The van der Waals surface area contributed by atoms with Gasteiger partial charge in [-0.05, 0) is 19.1 Å². The molecule has 0 bridgehead atoms. The number of rotatable bonds is 5. The number of aliphatic hydroxyl groups is 1. The first-order chi connectivity index (χ1) is 7.45. The van der Waals surface area contributed by atoms with Crippen LogP contribution in [0, 0.1) is 12.8 Å². The Kier molecular flexibility index (Phi) is 4.46. The smallest absolute Gasteiger partial charge is 0.296 e.